The first-order chi connectivity index (χ1) is 7.12. The van der Waals surface area contributed by atoms with Gasteiger partial charge in [0.2, 0.25) is 0 Å². The lowest BCUT2D eigenvalue weighted by molar-refractivity contribution is 0.0867. The zero-order chi connectivity index (χ0) is 10.9. The highest BCUT2D eigenvalue weighted by molar-refractivity contribution is 4.94. The number of hydrogen-bond donors (Lipinski definition) is 2. The second-order valence-electron chi connectivity index (χ2n) is 5.46. The minimum absolute atomic E-state index is 0.197. The van der Waals surface area contributed by atoms with E-state index in [1.165, 1.54) is 13.1 Å². The first-order valence-electron chi connectivity index (χ1n) is 6.19. The van der Waals surface area contributed by atoms with E-state index in [-0.39, 0.29) is 5.54 Å². The fourth-order valence-corrected chi connectivity index (χ4v) is 2.57. The summed E-state index contributed by atoms with van der Waals surface area (Å²) in [4.78, 5) is 0. The summed E-state index contributed by atoms with van der Waals surface area (Å²) in [5.74, 6) is 1.59. The number of nitrogens with one attached hydrogen (secondary N) is 2. The Morgan fingerprint density at radius 2 is 2.20 bits per heavy atom. The molecule has 0 aliphatic carbocycles. The molecule has 2 aliphatic rings. The van der Waals surface area contributed by atoms with E-state index in [2.05, 4.69) is 31.4 Å². The van der Waals surface area contributed by atoms with Crippen LogP contribution >= 0.6 is 0 Å². The van der Waals surface area contributed by atoms with Crippen molar-refractivity contribution in [2.24, 2.45) is 11.8 Å². The summed E-state index contributed by atoms with van der Waals surface area (Å²) >= 11 is 0. The molecule has 0 aromatic carbocycles. The topological polar surface area (TPSA) is 33.3 Å². The molecule has 2 rings (SSSR count). The molecule has 0 bridgehead atoms. The molecular weight excluding hydrogens is 188 g/mol. The predicted molar refractivity (Wildman–Crippen MR) is 62.0 cm³/mol. The van der Waals surface area contributed by atoms with Gasteiger partial charge in [0, 0.05) is 18.7 Å². The summed E-state index contributed by atoms with van der Waals surface area (Å²) in [5, 5.41) is 7.17. The quantitative estimate of drug-likeness (QED) is 0.732. The first kappa shape index (κ1) is 11.4. The van der Waals surface area contributed by atoms with Gasteiger partial charge in [-0.25, -0.2) is 0 Å². The van der Waals surface area contributed by atoms with Gasteiger partial charge in [-0.15, -0.1) is 0 Å². The molecule has 2 fully saturated rings. The lowest BCUT2D eigenvalue weighted by atomic mass is 9.92. The van der Waals surface area contributed by atoms with Crippen molar-refractivity contribution in [3.8, 4) is 0 Å². The third kappa shape index (κ3) is 2.35. The van der Waals surface area contributed by atoms with Crippen LogP contribution in [0.5, 0.6) is 0 Å². The summed E-state index contributed by atoms with van der Waals surface area (Å²) in [5.41, 5.74) is 0.197. The van der Waals surface area contributed by atoms with Crippen LogP contribution in [0.3, 0.4) is 0 Å². The summed E-state index contributed by atoms with van der Waals surface area (Å²) in [6.07, 6.45) is 1.49. The van der Waals surface area contributed by atoms with Gasteiger partial charge in [0.25, 0.3) is 0 Å². The Bertz CT molecular complexity index is 222. The summed E-state index contributed by atoms with van der Waals surface area (Å²) in [6, 6.07) is 0. The largest absolute Gasteiger partial charge is 0.377 e. The maximum Gasteiger partial charge on any atom is 0.0726 e. The highest BCUT2D eigenvalue weighted by atomic mass is 16.5. The molecule has 15 heavy (non-hydrogen) atoms. The monoisotopic (exact) mass is 212 g/mol. The van der Waals surface area contributed by atoms with Crippen LogP contribution in [0.15, 0.2) is 0 Å². The summed E-state index contributed by atoms with van der Waals surface area (Å²) in [6.45, 7) is 11.2. The Kier molecular flexibility index (Phi) is 3.33. The molecule has 0 aromatic heterocycles. The van der Waals surface area contributed by atoms with Crippen molar-refractivity contribution in [3.63, 3.8) is 0 Å². The molecule has 2 aliphatic heterocycles. The maximum atomic E-state index is 5.63. The molecule has 0 amide bonds. The van der Waals surface area contributed by atoms with Crippen LogP contribution in [0.1, 0.15) is 27.2 Å². The van der Waals surface area contributed by atoms with Crippen molar-refractivity contribution in [2.75, 3.05) is 26.2 Å². The molecule has 88 valence electrons. The van der Waals surface area contributed by atoms with Gasteiger partial charge >= 0.3 is 0 Å². The molecule has 2 saturated heterocycles. The Hall–Kier alpha value is -0.120. The molecular formula is C12H24N2O. The number of hydrogen-bond acceptors (Lipinski definition) is 3. The van der Waals surface area contributed by atoms with Gasteiger partial charge in [-0.2, -0.15) is 0 Å². The third-order valence-corrected chi connectivity index (χ3v) is 4.33. The standard InChI is InChI=1S/C12H24N2O/c1-9-6-13-7-11(9)8-14-12(3)4-5-15-10(12)2/h9-11,13-14H,4-8H2,1-3H3. The van der Waals surface area contributed by atoms with Gasteiger partial charge in [-0.05, 0) is 45.2 Å². The second kappa shape index (κ2) is 4.40. The van der Waals surface area contributed by atoms with Crippen LogP contribution in [0.25, 0.3) is 0 Å². The van der Waals surface area contributed by atoms with Crippen LogP contribution < -0.4 is 10.6 Å². The first-order valence-corrected chi connectivity index (χ1v) is 6.19. The van der Waals surface area contributed by atoms with Crippen LogP contribution in [-0.2, 0) is 4.74 Å². The van der Waals surface area contributed by atoms with E-state index in [0.29, 0.717) is 6.10 Å². The predicted octanol–water partition coefficient (Wildman–Crippen LogP) is 0.999. The molecule has 3 nitrogen and oxygen atoms in total. The fraction of sp³-hybridized carbons (Fsp3) is 1.00. The molecule has 4 unspecified atom stereocenters. The van der Waals surface area contributed by atoms with Crippen LogP contribution in [0.2, 0.25) is 0 Å². The van der Waals surface area contributed by atoms with Crippen molar-refractivity contribution in [3.05, 3.63) is 0 Å². The smallest absolute Gasteiger partial charge is 0.0726 e. The highest BCUT2D eigenvalue weighted by Gasteiger charge is 2.37. The van der Waals surface area contributed by atoms with E-state index >= 15 is 0 Å². The molecule has 0 radical (unpaired) electrons. The Labute approximate surface area is 93.0 Å². The molecule has 4 atom stereocenters. The molecule has 0 saturated carbocycles. The zero-order valence-electron chi connectivity index (χ0n) is 10.2. The summed E-state index contributed by atoms with van der Waals surface area (Å²) in [7, 11) is 0. The van der Waals surface area contributed by atoms with E-state index in [0.717, 1.165) is 31.4 Å². The van der Waals surface area contributed by atoms with Crippen molar-refractivity contribution in [1.29, 1.82) is 0 Å². The molecule has 3 heteroatoms. The Balaban J connectivity index is 1.81. The van der Waals surface area contributed by atoms with E-state index in [9.17, 15) is 0 Å². The zero-order valence-corrected chi connectivity index (χ0v) is 10.2. The van der Waals surface area contributed by atoms with Gasteiger partial charge in [-0.3, -0.25) is 0 Å². The van der Waals surface area contributed by atoms with Gasteiger partial charge in [0.1, 0.15) is 0 Å². The van der Waals surface area contributed by atoms with Crippen LogP contribution in [0.4, 0.5) is 0 Å². The lowest BCUT2D eigenvalue weighted by Crippen LogP contribution is -2.50. The van der Waals surface area contributed by atoms with Crippen molar-refractivity contribution in [2.45, 2.75) is 38.8 Å². The second-order valence-corrected chi connectivity index (χ2v) is 5.46. The van der Waals surface area contributed by atoms with Gasteiger partial charge in [0.05, 0.1) is 6.10 Å². The summed E-state index contributed by atoms with van der Waals surface area (Å²) < 4.78 is 5.63. The minimum atomic E-state index is 0.197. The fourth-order valence-electron chi connectivity index (χ4n) is 2.57. The van der Waals surface area contributed by atoms with Crippen molar-refractivity contribution >= 4 is 0 Å². The maximum absolute atomic E-state index is 5.63. The SMILES string of the molecule is CC1CNCC1CNC1(C)CCOC1C. The van der Waals surface area contributed by atoms with E-state index in [1.54, 1.807) is 0 Å². The average Bonchev–Trinajstić information content (AvgIpc) is 2.73. The lowest BCUT2D eigenvalue weighted by Gasteiger charge is -2.31. The van der Waals surface area contributed by atoms with Crippen LogP contribution in [0, 0.1) is 11.8 Å². The van der Waals surface area contributed by atoms with Gasteiger partial charge in [-0.1, -0.05) is 6.92 Å². The normalized spacial score (nSPS) is 46.2. The van der Waals surface area contributed by atoms with Gasteiger partial charge < -0.3 is 15.4 Å². The third-order valence-electron chi connectivity index (χ3n) is 4.33. The minimum Gasteiger partial charge on any atom is -0.377 e. The highest BCUT2D eigenvalue weighted by Crippen LogP contribution is 2.26. The van der Waals surface area contributed by atoms with Crippen LogP contribution in [-0.4, -0.2) is 37.9 Å². The number of ether oxygens (including phenoxy) is 1. The van der Waals surface area contributed by atoms with Gasteiger partial charge in [0.15, 0.2) is 0 Å². The van der Waals surface area contributed by atoms with E-state index < -0.39 is 0 Å². The molecule has 0 spiro atoms. The van der Waals surface area contributed by atoms with E-state index in [4.69, 9.17) is 4.74 Å². The average molecular weight is 212 g/mol. The Morgan fingerprint density at radius 3 is 2.73 bits per heavy atom. The Morgan fingerprint density at radius 1 is 1.40 bits per heavy atom. The van der Waals surface area contributed by atoms with E-state index in [1.807, 2.05) is 0 Å². The molecule has 0 aromatic rings. The van der Waals surface area contributed by atoms with Crippen molar-refractivity contribution in [1.82, 2.24) is 10.6 Å². The van der Waals surface area contributed by atoms with Crippen molar-refractivity contribution < 1.29 is 4.74 Å². The molecule has 2 N–H and O–H groups in total. The molecule has 2 heterocycles. The number of rotatable bonds is 3.